The zero-order valence-electron chi connectivity index (χ0n) is 8.05. The molecule has 0 aliphatic rings. The highest BCUT2D eigenvalue weighted by Gasteiger charge is 2.03. The molecule has 6 heteroatoms. The molecule has 1 rings (SSSR count). The van der Waals surface area contributed by atoms with Crippen molar-refractivity contribution in [1.82, 2.24) is 15.6 Å². The third-order valence-electron chi connectivity index (χ3n) is 1.71. The van der Waals surface area contributed by atoms with Crippen LogP contribution in [0.3, 0.4) is 0 Å². The number of nitrogens with one attached hydrogen (secondary N) is 3. The van der Waals surface area contributed by atoms with Crippen LogP contribution in [0.2, 0.25) is 0 Å². The van der Waals surface area contributed by atoms with Gasteiger partial charge in [0.2, 0.25) is 11.8 Å². The number of amides is 2. The lowest BCUT2D eigenvalue weighted by Crippen LogP contribution is -2.37. The molecule has 5 nitrogen and oxygen atoms in total. The van der Waals surface area contributed by atoms with E-state index in [4.69, 9.17) is 11.6 Å². The topological polar surface area (TPSA) is 74.0 Å². The third kappa shape index (κ3) is 4.51. The monoisotopic (exact) mass is 229 g/mol. The highest BCUT2D eigenvalue weighted by molar-refractivity contribution is 6.27. The van der Waals surface area contributed by atoms with Crippen molar-refractivity contribution in [2.45, 2.75) is 6.54 Å². The first-order chi connectivity index (χ1) is 7.22. The average molecular weight is 230 g/mol. The van der Waals surface area contributed by atoms with Crippen LogP contribution in [0.25, 0.3) is 0 Å². The van der Waals surface area contributed by atoms with Crippen LogP contribution in [-0.2, 0) is 16.1 Å². The number of carbonyl (C=O) groups excluding carboxylic acids is 2. The van der Waals surface area contributed by atoms with Crippen molar-refractivity contribution in [3.05, 3.63) is 24.0 Å². The lowest BCUT2D eigenvalue weighted by atomic mass is 10.4. The summed E-state index contributed by atoms with van der Waals surface area (Å²) in [6, 6.07) is 3.70. The largest absolute Gasteiger partial charge is 0.364 e. The summed E-state index contributed by atoms with van der Waals surface area (Å²) in [5.41, 5.74) is 0.909. The van der Waals surface area contributed by atoms with E-state index in [2.05, 4.69) is 15.6 Å². The Morgan fingerprint density at radius 2 is 2.13 bits per heavy atom. The standard InChI is InChI=1S/C9H12ClN3O2/c10-4-8(14)13-6-9(15)12-5-7-2-1-3-11-7/h1-3,11H,4-6H2,(H,12,15)(H,13,14). The Labute approximate surface area is 92.2 Å². The van der Waals surface area contributed by atoms with Crippen LogP contribution >= 0.6 is 11.6 Å². The number of halogens is 1. The van der Waals surface area contributed by atoms with Gasteiger partial charge in [0.25, 0.3) is 0 Å². The van der Waals surface area contributed by atoms with Gasteiger partial charge in [-0.2, -0.15) is 0 Å². The van der Waals surface area contributed by atoms with Crippen molar-refractivity contribution in [3.8, 4) is 0 Å². The van der Waals surface area contributed by atoms with Gasteiger partial charge in [0.1, 0.15) is 5.88 Å². The predicted octanol–water partition coefficient (Wildman–Crippen LogP) is -0.0141. The van der Waals surface area contributed by atoms with Gasteiger partial charge < -0.3 is 15.6 Å². The quantitative estimate of drug-likeness (QED) is 0.621. The van der Waals surface area contributed by atoms with E-state index in [1.807, 2.05) is 12.1 Å². The maximum Gasteiger partial charge on any atom is 0.239 e. The minimum Gasteiger partial charge on any atom is -0.364 e. The first kappa shape index (κ1) is 11.6. The molecular formula is C9H12ClN3O2. The highest BCUT2D eigenvalue weighted by atomic mass is 35.5. The highest BCUT2D eigenvalue weighted by Crippen LogP contribution is 1.92. The summed E-state index contributed by atoms with van der Waals surface area (Å²) in [5.74, 6) is -0.737. The lowest BCUT2D eigenvalue weighted by molar-refractivity contribution is -0.124. The fraction of sp³-hybridized carbons (Fsp3) is 0.333. The SMILES string of the molecule is O=C(CCl)NCC(=O)NCc1ccc[nH]1. The van der Waals surface area contributed by atoms with Gasteiger partial charge in [-0.1, -0.05) is 0 Å². The molecule has 1 aromatic heterocycles. The second kappa shape index (κ2) is 6.08. The van der Waals surface area contributed by atoms with Crippen LogP contribution in [0.5, 0.6) is 0 Å². The minimum absolute atomic E-state index is 0.0493. The molecule has 0 saturated carbocycles. The molecular weight excluding hydrogens is 218 g/mol. The van der Waals surface area contributed by atoms with Gasteiger partial charge in [-0.3, -0.25) is 9.59 Å². The lowest BCUT2D eigenvalue weighted by Gasteiger charge is -2.04. The second-order valence-electron chi connectivity index (χ2n) is 2.88. The number of alkyl halides is 1. The van der Waals surface area contributed by atoms with E-state index in [9.17, 15) is 9.59 Å². The van der Waals surface area contributed by atoms with Crippen molar-refractivity contribution in [3.63, 3.8) is 0 Å². The fourth-order valence-corrected chi connectivity index (χ4v) is 1.05. The summed E-state index contributed by atoms with van der Waals surface area (Å²) in [7, 11) is 0. The van der Waals surface area contributed by atoms with Gasteiger partial charge in [0, 0.05) is 11.9 Å². The molecule has 3 N–H and O–H groups in total. The van der Waals surface area contributed by atoms with Crippen LogP contribution in [-0.4, -0.2) is 29.2 Å². The summed E-state index contributed by atoms with van der Waals surface area (Å²) < 4.78 is 0. The molecule has 0 aromatic carbocycles. The Hall–Kier alpha value is -1.49. The van der Waals surface area contributed by atoms with Gasteiger partial charge in [-0.15, -0.1) is 11.6 Å². The Kier molecular flexibility index (Phi) is 4.70. The Morgan fingerprint density at radius 3 is 2.73 bits per heavy atom. The van der Waals surface area contributed by atoms with E-state index in [0.717, 1.165) is 5.69 Å². The van der Waals surface area contributed by atoms with Crippen molar-refractivity contribution in [1.29, 1.82) is 0 Å². The Morgan fingerprint density at radius 1 is 1.33 bits per heavy atom. The number of carbonyl (C=O) groups is 2. The Bertz CT molecular complexity index is 324. The fourth-order valence-electron chi connectivity index (χ4n) is 0.960. The number of rotatable bonds is 5. The van der Waals surface area contributed by atoms with Crippen LogP contribution in [0.15, 0.2) is 18.3 Å². The van der Waals surface area contributed by atoms with E-state index < -0.39 is 0 Å². The van der Waals surface area contributed by atoms with Crippen molar-refractivity contribution >= 4 is 23.4 Å². The van der Waals surface area contributed by atoms with E-state index in [1.165, 1.54) is 0 Å². The summed E-state index contributed by atoms with van der Waals surface area (Å²) >= 11 is 5.24. The van der Waals surface area contributed by atoms with Gasteiger partial charge in [0.05, 0.1) is 13.1 Å². The number of aromatic nitrogens is 1. The van der Waals surface area contributed by atoms with Crippen molar-refractivity contribution in [2.75, 3.05) is 12.4 Å². The van der Waals surface area contributed by atoms with Gasteiger partial charge in [-0.05, 0) is 12.1 Å². The number of hydrogen-bond acceptors (Lipinski definition) is 2. The maximum absolute atomic E-state index is 11.2. The van der Waals surface area contributed by atoms with Crippen molar-refractivity contribution in [2.24, 2.45) is 0 Å². The van der Waals surface area contributed by atoms with Gasteiger partial charge in [-0.25, -0.2) is 0 Å². The van der Waals surface area contributed by atoms with E-state index in [-0.39, 0.29) is 24.2 Å². The summed E-state index contributed by atoms with van der Waals surface area (Å²) in [4.78, 5) is 24.8. The molecule has 0 atom stereocenters. The molecule has 0 saturated heterocycles. The molecule has 0 aliphatic carbocycles. The zero-order chi connectivity index (χ0) is 11.1. The smallest absolute Gasteiger partial charge is 0.239 e. The summed E-state index contributed by atoms with van der Waals surface area (Å²) in [5, 5.41) is 5.01. The van der Waals surface area contributed by atoms with Crippen LogP contribution in [0.1, 0.15) is 5.69 Å². The number of aromatic amines is 1. The molecule has 2 amide bonds. The average Bonchev–Trinajstić information content (AvgIpc) is 2.75. The molecule has 15 heavy (non-hydrogen) atoms. The molecule has 1 heterocycles. The molecule has 82 valence electrons. The predicted molar refractivity (Wildman–Crippen MR) is 56.4 cm³/mol. The van der Waals surface area contributed by atoms with Gasteiger partial charge in [0.15, 0.2) is 0 Å². The van der Waals surface area contributed by atoms with E-state index in [0.29, 0.717) is 6.54 Å². The zero-order valence-corrected chi connectivity index (χ0v) is 8.80. The van der Waals surface area contributed by atoms with Crippen molar-refractivity contribution < 1.29 is 9.59 Å². The van der Waals surface area contributed by atoms with Crippen LogP contribution in [0.4, 0.5) is 0 Å². The van der Waals surface area contributed by atoms with E-state index >= 15 is 0 Å². The van der Waals surface area contributed by atoms with Crippen LogP contribution in [0, 0.1) is 0 Å². The first-order valence-electron chi connectivity index (χ1n) is 4.44. The first-order valence-corrected chi connectivity index (χ1v) is 4.97. The number of H-pyrrole nitrogens is 1. The van der Waals surface area contributed by atoms with E-state index in [1.54, 1.807) is 6.20 Å². The van der Waals surface area contributed by atoms with Crippen LogP contribution < -0.4 is 10.6 Å². The van der Waals surface area contributed by atoms with Gasteiger partial charge >= 0.3 is 0 Å². The summed E-state index contributed by atoms with van der Waals surface area (Å²) in [6.07, 6.45) is 1.77. The molecule has 0 spiro atoms. The number of hydrogen-bond donors (Lipinski definition) is 3. The maximum atomic E-state index is 11.2. The molecule has 0 bridgehead atoms. The normalized spacial score (nSPS) is 9.67. The molecule has 0 unspecified atom stereocenters. The second-order valence-corrected chi connectivity index (χ2v) is 3.15. The Balaban J connectivity index is 2.16. The summed E-state index contributed by atoms with van der Waals surface area (Å²) in [6.45, 7) is 0.370. The minimum atomic E-state index is -0.355. The molecule has 0 radical (unpaired) electrons. The molecule has 1 aromatic rings. The molecule has 0 fully saturated rings. The molecule has 0 aliphatic heterocycles. The third-order valence-corrected chi connectivity index (χ3v) is 1.95.